The summed E-state index contributed by atoms with van der Waals surface area (Å²) >= 11 is 0. The van der Waals surface area contributed by atoms with Crippen molar-refractivity contribution in [2.24, 2.45) is 5.41 Å². The van der Waals surface area contributed by atoms with Crippen molar-refractivity contribution < 1.29 is 0 Å². The number of nitrogens with one attached hydrogen (secondary N) is 1. The van der Waals surface area contributed by atoms with Gasteiger partial charge in [0.05, 0.1) is 11.6 Å². The molecule has 1 aromatic carbocycles. The zero-order chi connectivity index (χ0) is 13.2. The summed E-state index contributed by atoms with van der Waals surface area (Å²) in [5.74, 6) is 0. The van der Waals surface area contributed by atoms with Gasteiger partial charge in [-0.3, -0.25) is 0 Å². The second-order valence-corrected chi connectivity index (χ2v) is 6.23. The first kappa shape index (κ1) is 13.1. The van der Waals surface area contributed by atoms with E-state index in [1.54, 1.807) is 0 Å². The van der Waals surface area contributed by atoms with Crippen molar-refractivity contribution in [1.82, 2.24) is 5.32 Å². The normalized spacial score (nSPS) is 23.6. The van der Waals surface area contributed by atoms with Crippen LogP contribution in [0.3, 0.4) is 0 Å². The highest BCUT2D eigenvalue weighted by atomic mass is 15.0. The molecule has 0 spiro atoms. The zero-order valence-electron chi connectivity index (χ0n) is 11.5. The Hall–Kier alpha value is -1.33. The smallest absolute Gasteiger partial charge is 0.0991 e. The molecule has 1 aromatic rings. The molecule has 0 amide bonds. The van der Waals surface area contributed by atoms with E-state index in [0.29, 0.717) is 17.5 Å². The van der Waals surface area contributed by atoms with E-state index in [4.69, 9.17) is 5.26 Å². The van der Waals surface area contributed by atoms with Crippen molar-refractivity contribution in [3.8, 4) is 6.07 Å². The summed E-state index contributed by atoms with van der Waals surface area (Å²) < 4.78 is 0. The number of hydrogen-bond acceptors (Lipinski definition) is 2. The van der Waals surface area contributed by atoms with Crippen LogP contribution in [0.4, 0.5) is 0 Å². The average molecular weight is 242 g/mol. The lowest BCUT2D eigenvalue weighted by Gasteiger charge is -2.22. The summed E-state index contributed by atoms with van der Waals surface area (Å²) in [4.78, 5) is 0. The molecule has 2 atom stereocenters. The van der Waals surface area contributed by atoms with Crippen molar-refractivity contribution in [2.75, 3.05) is 0 Å². The van der Waals surface area contributed by atoms with Gasteiger partial charge in [0, 0.05) is 12.1 Å². The highest BCUT2D eigenvalue weighted by Crippen LogP contribution is 2.37. The van der Waals surface area contributed by atoms with Crippen molar-refractivity contribution in [3.05, 3.63) is 35.4 Å². The number of benzene rings is 1. The molecule has 1 fully saturated rings. The first-order valence-corrected chi connectivity index (χ1v) is 6.76. The molecule has 96 valence electrons. The highest BCUT2D eigenvalue weighted by Gasteiger charge is 2.31. The van der Waals surface area contributed by atoms with Gasteiger partial charge in [-0.05, 0) is 49.3 Å². The van der Waals surface area contributed by atoms with Crippen LogP contribution in [0.2, 0.25) is 0 Å². The lowest BCUT2D eigenvalue weighted by molar-refractivity contribution is 0.356. The van der Waals surface area contributed by atoms with Crippen molar-refractivity contribution >= 4 is 0 Å². The molecule has 0 bridgehead atoms. The van der Waals surface area contributed by atoms with Crippen LogP contribution in [-0.4, -0.2) is 6.04 Å². The fraction of sp³-hybridized carbons (Fsp3) is 0.562. The maximum atomic E-state index is 8.93. The highest BCUT2D eigenvalue weighted by molar-refractivity contribution is 5.34. The monoisotopic (exact) mass is 242 g/mol. The van der Waals surface area contributed by atoms with Gasteiger partial charge in [0.15, 0.2) is 0 Å². The molecular weight excluding hydrogens is 220 g/mol. The van der Waals surface area contributed by atoms with E-state index in [1.807, 2.05) is 18.2 Å². The predicted molar refractivity (Wildman–Crippen MR) is 74.1 cm³/mol. The number of hydrogen-bond donors (Lipinski definition) is 1. The second-order valence-electron chi connectivity index (χ2n) is 6.23. The van der Waals surface area contributed by atoms with Gasteiger partial charge in [-0.15, -0.1) is 0 Å². The lowest BCUT2D eigenvalue weighted by atomic mass is 9.91. The van der Waals surface area contributed by atoms with E-state index < -0.39 is 0 Å². The average Bonchev–Trinajstić information content (AvgIpc) is 2.68. The minimum absolute atomic E-state index is 0.317. The van der Waals surface area contributed by atoms with Crippen LogP contribution < -0.4 is 5.32 Å². The minimum Gasteiger partial charge on any atom is -0.307 e. The fourth-order valence-corrected chi connectivity index (χ4v) is 2.91. The van der Waals surface area contributed by atoms with Crippen molar-refractivity contribution in [2.45, 2.75) is 52.1 Å². The first-order chi connectivity index (χ1) is 8.50. The summed E-state index contributed by atoms with van der Waals surface area (Å²) in [6, 6.07) is 11.0. The number of rotatable bonds is 3. The summed E-state index contributed by atoms with van der Waals surface area (Å²) in [6.07, 6.45) is 3.81. The van der Waals surface area contributed by atoms with E-state index in [9.17, 15) is 0 Å². The molecule has 0 radical (unpaired) electrons. The predicted octanol–water partition coefficient (Wildman–Crippen LogP) is 3.79. The third-order valence-corrected chi connectivity index (χ3v) is 3.97. The van der Waals surface area contributed by atoms with Gasteiger partial charge in [0.2, 0.25) is 0 Å². The Bertz CT molecular complexity index is 456. The third kappa shape index (κ3) is 3.11. The maximum absolute atomic E-state index is 8.93. The Kier molecular flexibility index (Phi) is 3.73. The molecule has 0 aromatic heterocycles. The Morgan fingerprint density at radius 2 is 2.22 bits per heavy atom. The van der Waals surface area contributed by atoms with Gasteiger partial charge in [-0.2, -0.15) is 5.26 Å². The molecule has 0 saturated heterocycles. The van der Waals surface area contributed by atoms with Gasteiger partial charge < -0.3 is 5.32 Å². The first-order valence-electron chi connectivity index (χ1n) is 6.76. The molecular formula is C16H22N2. The molecule has 0 aliphatic heterocycles. The molecule has 0 heterocycles. The molecule has 2 unspecified atom stereocenters. The van der Waals surface area contributed by atoms with E-state index in [0.717, 1.165) is 5.56 Å². The Labute approximate surface area is 110 Å². The zero-order valence-corrected chi connectivity index (χ0v) is 11.5. The second kappa shape index (κ2) is 5.12. The molecule has 2 heteroatoms. The van der Waals surface area contributed by atoms with Gasteiger partial charge >= 0.3 is 0 Å². The van der Waals surface area contributed by atoms with Crippen LogP contribution in [0.15, 0.2) is 24.3 Å². The van der Waals surface area contributed by atoms with Crippen LogP contribution in [0, 0.1) is 16.7 Å². The topological polar surface area (TPSA) is 35.8 Å². The SMILES string of the molecule is CC(NC1CCC(C)(C)C1)c1cccc(C#N)c1. The summed E-state index contributed by atoms with van der Waals surface area (Å²) in [5, 5.41) is 12.6. The largest absolute Gasteiger partial charge is 0.307 e. The van der Waals surface area contributed by atoms with Crippen molar-refractivity contribution in [3.63, 3.8) is 0 Å². The molecule has 18 heavy (non-hydrogen) atoms. The van der Waals surface area contributed by atoms with E-state index in [1.165, 1.54) is 24.8 Å². The lowest BCUT2D eigenvalue weighted by Crippen LogP contribution is -2.30. The standard InChI is InChI=1S/C16H22N2/c1-12(14-6-4-5-13(9-14)11-17)18-15-7-8-16(2,3)10-15/h4-6,9,12,15,18H,7-8,10H2,1-3H3. The van der Waals surface area contributed by atoms with Gasteiger partial charge in [-0.25, -0.2) is 0 Å². The van der Waals surface area contributed by atoms with Crippen LogP contribution in [0.1, 0.15) is 57.2 Å². The van der Waals surface area contributed by atoms with Crippen LogP contribution in [0.5, 0.6) is 0 Å². The fourth-order valence-electron chi connectivity index (χ4n) is 2.91. The van der Waals surface area contributed by atoms with E-state index >= 15 is 0 Å². The Morgan fingerprint density at radius 1 is 1.44 bits per heavy atom. The van der Waals surface area contributed by atoms with Crippen LogP contribution >= 0.6 is 0 Å². The van der Waals surface area contributed by atoms with Gasteiger partial charge in [-0.1, -0.05) is 26.0 Å². The van der Waals surface area contributed by atoms with Gasteiger partial charge in [0.1, 0.15) is 0 Å². The van der Waals surface area contributed by atoms with Crippen LogP contribution in [-0.2, 0) is 0 Å². The Balaban J connectivity index is 2.00. The maximum Gasteiger partial charge on any atom is 0.0991 e. The van der Waals surface area contributed by atoms with Crippen molar-refractivity contribution in [1.29, 1.82) is 5.26 Å². The summed E-state index contributed by atoms with van der Waals surface area (Å²) in [5.41, 5.74) is 2.43. The quantitative estimate of drug-likeness (QED) is 0.875. The minimum atomic E-state index is 0.317. The van der Waals surface area contributed by atoms with E-state index in [2.05, 4.69) is 38.2 Å². The molecule has 2 rings (SSSR count). The molecule has 1 aliphatic rings. The van der Waals surface area contributed by atoms with Gasteiger partial charge in [0.25, 0.3) is 0 Å². The third-order valence-electron chi connectivity index (χ3n) is 3.97. The molecule has 2 nitrogen and oxygen atoms in total. The summed E-state index contributed by atoms with van der Waals surface area (Å²) in [7, 11) is 0. The molecule has 1 aliphatic carbocycles. The van der Waals surface area contributed by atoms with Crippen LogP contribution in [0.25, 0.3) is 0 Å². The van der Waals surface area contributed by atoms with E-state index in [-0.39, 0.29) is 0 Å². The Morgan fingerprint density at radius 3 is 2.83 bits per heavy atom. The molecule has 1 N–H and O–H groups in total. The number of nitriles is 1. The molecule has 1 saturated carbocycles. The number of nitrogens with zero attached hydrogens (tertiary/aromatic N) is 1. The summed E-state index contributed by atoms with van der Waals surface area (Å²) in [6.45, 7) is 6.87.